The number of aromatic nitrogens is 2. The fourth-order valence-electron chi connectivity index (χ4n) is 3.99. The predicted octanol–water partition coefficient (Wildman–Crippen LogP) is 3.99. The molecule has 7 nitrogen and oxygen atoms in total. The first-order valence-corrected chi connectivity index (χ1v) is 10.0. The molecule has 3 rings (SSSR count). The standard InChI is InChI=1S/C21H26F3N5O2/c1-12-11-26-20(28-19(12)29(2)3)27-14-6-4-13(5-7-14)17-10-15(31-21(22,23)24)8-9-16(17)18(25)30/h8-11,13-14H,4-7H2,1-3H3,(H2,25,30)(H,26,27,28). The summed E-state index contributed by atoms with van der Waals surface area (Å²) in [5, 5.41) is 3.34. The first kappa shape index (κ1) is 22.6. The lowest BCUT2D eigenvalue weighted by molar-refractivity contribution is -0.274. The van der Waals surface area contributed by atoms with Crippen LogP contribution in [0.3, 0.4) is 0 Å². The molecule has 1 aromatic carbocycles. The normalized spacial score (nSPS) is 19.0. The van der Waals surface area contributed by atoms with Crippen molar-refractivity contribution in [3.8, 4) is 5.75 Å². The Balaban J connectivity index is 1.71. The molecule has 2 aromatic rings. The van der Waals surface area contributed by atoms with E-state index < -0.39 is 12.3 Å². The van der Waals surface area contributed by atoms with Crippen molar-refractivity contribution >= 4 is 17.7 Å². The van der Waals surface area contributed by atoms with Gasteiger partial charge < -0.3 is 20.7 Å². The van der Waals surface area contributed by atoms with Crippen molar-refractivity contribution in [2.75, 3.05) is 24.3 Å². The van der Waals surface area contributed by atoms with Crippen LogP contribution in [0.15, 0.2) is 24.4 Å². The third-order valence-electron chi connectivity index (χ3n) is 5.39. The van der Waals surface area contributed by atoms with Gasteiger partial charge in [0.15, 0.2) is 0 Å². The van der Waals surface area contributed by atoms with Crippen LogP contribution in [0.1, 0.15) is 53.1 Å². The van der Waals surface area contributed by atoms with E-state index in [0.717, 1.165) is 30.3 Å². The zero-order valence-corrected chi connectivity index (χ0v) is 17.7. The van der Waals surface area contributed by atoms with Gasteiger partial charge in [-0.1, -0.05) is 0 Å². The number of aryl methyl sites for hydroxylation is 1. The maximum Gasteiger partial charge on any atom is 0.573 e. The number of halogens is 3. The minimum absolute atomic E-state index is 0.0893. The third-order valence-corrected chi connectivity index (χ3v) is 5.39. The average molecular weight is 437 g/mol. The summed E-state index contributed by atoms with van der Waals surface area (Å²) in [7, 11) is 3.83. The number of rotatable bonds is 6. The van der Waals surface area contributed by atoms with Crippen LogP contribution in [0.25, 0.3) is 0 Å². The number of carbonyl (C=O) groups excluding carboxylic acids is 1. The predicted molar refractivity (Wildman–Crippen MR) is 111 cm³/mol. The van der Waals surface area contributed by atoms with E-state index in [1.807, 2.05) is 25.9 Å². The van der Waals surface area contributed by atoms with Gasteiger partial charge in [0.25, 0.3) is 0 Å². The highest BCUT2D eigenvalue weighted by atomic mass is 19.4. The van der Waals surface area contributed by atoms with Crippen molar-refractivity contribution in [1.82, 2.24) is 9.97 Å². The summed E-state index contributed by atoms with van der Waals surface area (Å²) in [6.45, 7) is 1.94. The number of nitrogens with zero attached hydrogens (tertiary/aromatic N) is 3. The average Bonchev–Trinajstić information content (AvgIpc) is 2.68. The molecule has 0 unspecified atom stereocenters. The molecule has 0 spiro atoms. The molecular formula is C21H26F3N5O2. The van der Waals surface area contributed by atoms with E-state index in [0.29, 0.717) is 24.4 Å². The molecule has 1 aliphatic rings. The van der Waals surface area contributed by atoms with Crippen LogP contribution < -0.4 is 20.7 Å². The molecule has 3 N–H and O–H groups in total. The van der Waals surface area contributed by atoms with E-state index in [4.69, 9.17) is 5.73 Å². The molecule has 31 heavy (non-hydrogen) atoms. The molecule has 0 saturated heterocycles. The molecule has 1 aromatic heterocycles. The fraction of sp³-hybridized carbons (Fsp3) is 0.476. The van der Waals surface area contributed by atoms with E-state index in [2.05, 4.69) is 20.0 Å². The Hall–Kier alpha value is -3.04. The van der Waals surface area contributed by atoms with Gasteiger partial charge in [-0.05, 0) is 62.3 Å². The van der Waals surface area contributed by atoms with Gasteiger partial charge in [0.2, 0.25) is 11.9 Å². The lowest BCUT2D eigenvalue weighted by atomic mass is 9.80. The Morgan fingerprint density at radius 3 is 2.48 bits per heavy atom. The number of carbonyl (C=O) groups is 1. The van der Waals surface area contributed by atoms with Gasteiger partial charge in [-0.2, -0.15) is 4.98 Å². The van der Waals surface area contributed by atoms with E-state index in [1.54, 1.807) is 6.20 Å². The molecule has 1 saturated carbocycles. The van der Waals surface area contributed by atoms with E-state index in [1.165, 1.54) is 12.1 Å². The Morgan fingerprint density at radius 2 is 1.90 bits per heavy atom. The minimum Gasteiger partial charge on any atom is -0.406 e. The number of nitrogens with one attached hydrogen (secondary N) is 1. The van der Waals surface area contributed by atoms with Gasteiger partial charge in [0, 0.05) is 37.5 Å². The molecule has 10 heteroatoms. The van der Waals surface area contributed by atoms with Crippen LogP contribution in [0, 0.1) is 6.92 Å². The largest absolute Gasteiger partial charge is 0.573 e. The number of benzene rings is 1. The Labute approximate surface area is 178 Å². The van der Waals surface area contributed by atoms with Crippen LogP contribution in [0.4, 0.5) is 24.9 Å². The summed E-state index contributed by atoms with van der Waals surface area (Å²) in [5.41, 5.74) is 7.14. The van der Waals surface area contributed by atoms with Gasteiger partial charge in [-0.3, -0.25) is 4.79 Å². The highest BCUT2D eigenvalue weighted by Crippen LogP contribution is 2.38. The molecule has 0 aliphatic heterocycles. The SMILES string of the molecule is Cc1cnc(NC2CCC(c3cc(OC(F)(F)F)ccc3C(N)=O)CC2)nc1N(C)C. The van der Waals surface area contributed by atoms with Crippen LogP contribution in [0.2, 0.25) is 0 Å². The summed E-state index contributed by atoms with van der Waals surface area (Å²) in [6.07, 6.45) is -0.169. The number of nitrogens with two attached hydrogens (primary N) is 1. The first-order chi connectivity index (χ1) is 14.5. The summed E-state index contributed by atoms with van der Waals surface area (Å²) in [6, 6.07) is 3.81. The third kappa shape index (κ3) is 5.77. The van der Waals surface area contributed by atoms with Crippen molar-refractivity contribution in [3.63, 3.8) is 0 Å². The Kier molecular flexibility index (Phi) is 6.56. The number of anilines is 2. The molecule has 1 heterocycles. The summed E-state index contributed by atoms with van der Waals surface area (Å²) >= 11 is 0. The number of hydrogen-bond donors (Lipinski definition) is 2. The van der Waals surface area contributed by atoms with Gasteiger partial charge in [0.1, 0.15) is 11.6 Å². The van der Waals surface area contributed by atoms with Crippen molar-refractivity contribution < 1.29 is 22.7 Å². The molecule has 0 atom stereocenters. The fourth-order valence-corrected chi connectivity index (χ4v) is 3.99. The lowest BCUT2D eigenvalue weighted by Gasteiger charge is -2.30. The van der Waals surface area contributed by atoms with E-state index in [9.17, 15) is 18.0 Å². The highest BCUT2D eigenvalue weighted by molar-refractivity contribution is 5.94. The topological polar surface area (TPSA) is 93.4 Å². The highest BCUT2D eigenvalue weighted by Gasteiger charge is 2.32. The molecule has 0 radical (unpaired) electrons. The van der Waals surface area contributed by atoms with Crippen molar-refractivity contribution in [3.05, 3.63) is 41.1 Å². The van der Waals surface area contributed by atoms with Gasteiger partial charge in [-0.25, -0.2) is 4.98 Å². The zero-order chi connectivity index (χ0) is 22.8. The van der Waals surface area contributed by atoms with Gasteiger partial charge in [-0.15, -0.1) is 13.2 Å². The smallest absolute Gasteiger partial charge is 0.406 e. The second kappa shape index (κ2) is 8.99. The Bertz CT molecular complexity index is 941. The van der Waals surface area contributed by atoms with E-state index in [-0.39, 0.29) is 23.3 Å². The maximum atomic E-state index is 12.6. The van der Waals surface area contributed by atoms with Gasteiger partial charge >= 0.3 is 6.36 Å². The maximum absolute atomic E-state index is 12.6. The quantitative estimate of drug-likeness (QED) is 0.710. The number of primary amides is 1. The van der Waals surface area contributed by atoms with Crippen LogP contribution in [-0.4, -0.2) is 42.4 Å². The van der Waals surface area contributed by atoms with E-state index >= 15 is 0 Å². The molecule has 1 fully saturated rings. The minimum atomic E-state index is -4.80. The van der Waals surface area contributed by atoms with Crippen LogP contribution in [-0.2, 0) is 0 Å². The van der Waals surface area contributed by atoms with Crippen molar-refractivity contribution in [2.24, 2.45) is 5.73 Å². The van der Waals surface area contributed by atoms with Crippen molar-refractivity contribution in [1.29, 1.82) is 0 Å². The van der Waals surface area contributed by atoms with Crippen molar-refractivity contribution in [2.45, 2.75) is 50.9 Å². The molecular weight excluding hydrogens is 411 g/mol. The summed E-state index contributed by atoms with van der Waals surface area (Å²) in [4.78, 5) is 22.6. The molecule has 168 valence electrons. The molecule has 1 amide bonds. The Morgan fingerprint density at radius 1 is 1.23 bits per heavy atom. The molecule has 0 bridgehead atoms. The van der Waals surface area contributed by atoms with Gasteiger partial charge in [0.05, 0.1) is 0 Å². The second-order valence-electron chi connectivity index (χ2n) is 7.95. The van der Waals surface area contributed by atoms with Crippen LogP contribution >= 0.6 is 0 Å². The number of hydrogen-bond acceptors (Lipinski definition) is 6. The first-order valence-electron chi connectivity index (χ1n) is 10.0. The molecule has 1 aliphatic carbocycles. The summed E-state index contributed by atoms with van der Waals surface area (Å²) in [5.74, 6) is 0.263. The number of alkyl halides is 3. The second-order valence-corrected chi connectivity index (χ2v) is 7.95. The van der Waals surface area contributed by atoms with Crippen LogP contribution in [0.5, 0.6) is 5.75 Å². The lowest BCUT2D eigenvalue weighted by Crippen LogP contribution is -2.28. The number of ether oxygens (including phenoxy) is 1. The number of amides is 1. The monoisotopic (exact) mass is 437 g/mol. The summed E-state index contributed by atoms with van der Waals surface area (Å²) < 4.78 is 41.8. The zero-order valence-electron chi connectivity index (χ0n) is 17.7.